The Kier molecular flexibility index (Phi) is 2.36. The van der Waals surface area contributed by atoms with Gasteiger partial charge in [0, 0.05) is 0 Å². The largest absolute Gasteiger partial charge is 0.145 e. The number of rotatable bonds is 2. The highest BCUT2D eigenvalue weighted by atomic mass is 16.2. The summed E-state index contributed by atoms with van der Waals surface area (Å²) >= 11 is 0. The van der Waals surface area contributed by atoms with Crippen molar-refractivity contribution in [3.8, 4) is 0 Å². The molecule has 0 bridgehead atoms. The summed E-state index contributed by atoms with van der Waals surface area (Å²) in [7, 11) is 0. The number of nitrogens with zero attached hydrogens (tertiary/aromatic N) is 1. The third-order valence-electron chi connectivity index (χ3n) is 2.14. The van der Waals surface area contributed by atoms with E-state index in [0.717, 1.165) is 10.9 Å². The molecule has 2 aromatic rings. The number of benzene rings is 2. The lowest BCUT2D eigenvalue weighted by Gasteiger charge is -2.00. The van der Waals surface area contributed by atoms with Gasteiger partial charge >= 0.3 is 0 Å². The van der Waals surface area contributed by atoms with Crippen LogP contribution in [0.2, 0.25) is 0 Å². The Balaban J connectivity index is 2.64. The first kappa shape index (κ1) is 8.63. The van der Waals surface area contributed by atoms with Gasteiger partial charge in [-0.15, -0.1) is 4.91 Å². The van der Waals surface area contributed by atoms with Gasteiger partial charge in [-0.2, -0.15) is 0 Å². The van der Waals surface area contributed by atoms with Gasteiger partial charge in [0.15, 0.2) is 0 Å². The van der Waals surface area contributed by atoms with Crippen molar-refractivity contribution in [1.29, 1.82) is 0 Å². The van der Waals surface area contributed by atoms with Crippen molar-refractivity contribution < 1.29 is 0 Å². The molecule has 68 valence electrons. The van der Waals surface area contributed by atoms with E-state index >= 15 is 0 Å². The quantitative estimate of drug-likeness (QED) is 0.654. The third-order valence-corrected chi connectivity index (χ3v) is 2.14. The number of hydrogen-bond donors (Lipinski definition) is 0. The summed E-state index contributed by atoms with van der Waals surface area (Å²) in [4.78, 5) is 9.98. The van der Waals surface area contributed by atoms with Gasteiger partial charge < -0.3 is 0 Å². The van der Waals surface area contributed by atoms with Crippen LogP contribution in [0.1, 0.15) is 5.56 Å². The molecule has 0 atom stereocenters. The zero-order chi connectivity index (χ0) is 9.80. The normalized spacial score (nSPS) is 10.9. The van der Waals surface area contributed by atoms with E-state index in [1.807, 2.05) is 42.5 Å². The van der Waals surface area contributed by atoms with E-state index in [9.17, 15) is 4.91 Å². The molecule has 0 spiro atoms. The third kappa shape index (κ3) is 1.55. The molecule has 0 aliphatic heterocycles. The molecular weight excluding hydrogens is 174 g/mol. The molecule has 2 rings (SSSR count). The van der Waals surface area contributed by atoms with Crippen molar-refractivity contribution in [2.45, 2.75) is 0 Å². The van der Waals surface area contributed by atoms with E-state index in [4.69, 9.17) is 0 Å². The topological polar surface area (TPSA) is 29.4 Å². The summed E-state index contributed by atoms with van der Waals surface area (Å²) < 4.78 is 0. The van der Waals surface area contributed by atoms with Gasteiger partial charge in [0.05, 0.1) is 6.20 Å². The van der Waals surface area contributed by atoms with Gasteiger partial charge in [-0.25, -0.2) is 0 Å². The van der Waals surface area contributed by atoms with Crippen LogP contribution in [0.4, 0.5) is 0 Å². The van der Waals surface area contributed by atoms with Crippen LogP contribution in [0.5, 0.6) is 0 Å². The van der Waals surface area contributed by atoms with Crippen LogP contribution in [0.15, 0.2) is 53.8 Å². The summed E-state index contributed by atoms with van der Waals surface area (Å²) in [6, 6.07) is 14.0. The smallest absolute Gasteiger partial charge is 0.0721 e. The second-order valence-electron chi connectivity index (χ2n) is 2.99. The van der Waals surface area contributed by atoms with Crippen molar-refractivity contribution in [2.24, 2.45) is 5.18 Å². The van der Waals surface area contributed by atoms with Crippen LogP contribution >= 0.6 is 0 Å². The first-order chi connectivity index (χ1) is 6.92. The maximum absolute atomic E-state index is 9.98. The van der Waals surface area contributed by atoms with E-state index in [1.165, 1.54) is 11.6 Å². The second-order valence-corrected chi connectivity index (χ2v) is 2.99. The molecular formula is C12H9NO. The Hall–Kier alpha value is -1.96. The fourth-order valence-electron chi connectivity index (χ4n) is 1.51. The fraction of sp³-hybridized carbons (Fsp3) is 0. The van der Waals surface area contributed by atoms with Crippen molar-refractivity contribution in [1.82, 2.24) is 0 Å². The summed E-state index contributed by atoms with van der Waals surface area (Å²) in [6.45, 7) is 0. The number of nitroso groups, excluding NO2 is 1. The van der Waals surface area contributed by atoms with Crippen LogP contribution in [-0.2, 0) is 0 Å². The highest BCUT2D eigenvalue weighted by Crippen LogP contribution is 2.19. The van der Waals surface area contributed by atoms with Crippen LogP contribution in [0.25, 0.3) is 16.8 Å². The molecule has 0 aliphatic carbocycles. The molecule has 2 nitrogen and oxygen atoms in total. The molecule has 14 heavy (non-hydrogen) atoms. The molecule has 0 N–H and O–H groups in total. The predicted molar refractivity (Wildman–Crippen MR) is 58.8 cm³/mol. The van der Waals surface area contributed by atoms with Crippen LogP contribution in [-0.4, -0.2) is 0 Å². The summed E-state index contributed by atoms with van der Waals surface area (Å²) in [5, 5.41) is 5.01. The lowest BCUT2D eigenvalue weighted by Crippen LogP contribution is -1.76. The molecule has 0 radical (unpaired) electrons. The minimum absolute atomic E-state index is 1.02. The molecule has 0 amide bonds. The highest BCUT2D eigenvalue weighted by Gasteiger charge is 1.95. The minimum atomic E-state index is 1.02. The maximum Gasteiger partial charge on any atom is 0.0721 e. The second kappa shape index (κ2) is 3.83. The molecule has 0 aliphatic rings. The molecule has 0 heterocycles. The average Bonchev–Trinajstić information content (AvgIpc) is 2.26. The lowest BCUT2D eigenvalue weighted by atomic mass is 10.0. The Morgan fingerprint density at radius 2 is 1.79 bits per heavy atom. The summed E-state index contributed by atoms with van der Waals surface area (Å²) in [5.41, 5.74) is 1.02. The summed E-state index contributed by atoms with van der Waals surface area (Å²) in [6.07, 6.45) is 2.98. The van der Waals surface area contributed by atoms with E-state index in [1.54, 1.807) is 6.08 Å². The predicted octanol–water partition coefficient (Wildman–Crippen LogP) is 3.58. The van der Waals surface area contributed by atoms with Gasteiger partial charge in [0.25, 0.3) is 0 Å². The zero-order valence-corrected chi connectivity index (χ0v) is 7.55. The minimum Gasteiger partial charge on any atom is -0.145 e. The van der Waals surface area contributed by atoms with Crippen molar-refractivity contribution >= 4 is 16.8 Å². The lowest BCUT2D eigenvalue weighted by molar-refractivity contribution is 1.56. The van der Waals surface area contributed by atoms with E-state index < -0.39 is 0 Å². The standard InChI is InChI=1S/C12H9NO/c14-13-9-8-11-6-3-5-10-4-1-2-7-12(10)11/h1-9H/b9-8+. The van der Waals surface area contributed by atoms with Crippen LogP contribution in [0, 0.1) is 4.91 Å². The molecule has 0 aromatic heterocycles. The zero-order valence-electron chi connectivity index (χ0n) is 7.55. The van der Waals surface area contributed by atoms with Crippen LogP contribution < -0.4 is 0 Å². The first-order valence-corrected chi connectivity index (χ1v) is 4.38. The van der Waals surface area contributed by atoms with Crippen molar-refractivity contribution in [3.63, 3.8) is 0 Å². The fourth-order valence-corrected chi connectivity index (χ4v) is 1.51. The number of fused-ring (bicyclic) bond motifs is 1. The van der Waals surface area contributed by atoms with Gasteiger partial charge in [0.2, 0.25) is 0 Å². The molecule has 0 saturated carbocycles. The van der Waals surface area contributed by atoms with Gasteiger partial charge in [0.1, 0.15) is 0 Å². The Morgan fingerprint density at radius 3 is 2.64 bits per heavy atom. The maximum atomic E-state index is 9.98. The SMILES string of the molecule is O=N/C=C/c1cccc2ccccc12. The van der Waals surface area contributed by atoms with Gasteiger partial charge in [-0.1, -0.05) is 42.5 Å². The molecule has 0 saturated heterocycles. The van der Waals surface area contributed by atoms with Crippen molar-refractivity contribution in [3.05, 3.63) is 59.1 Å². The van der Waals surface area contributed by atoms with E-state index in [0.29, 0.717) is 0 Å². The van der Waals surface area contributed by atoms with E-state index in [-0.39, 0.29) is 0 Å². The molecule has 2 heteroatoms. The van der Waals surface area contributed by atoms with Gasteiger partial charge in [-0.3, -0.25) is 0 Å². The Labute approximate surface area is 81.8 Å². The van der Waals surface area contributed by atoms with Gasteiger partial charge in [-0.05, 0) is 27.6 Å². The summed E-state index contributed by atoms with van der Waals surface area (Å²) in [5.74, 6) is 0. The molecule has 0 fully saturated rings. The first-order valence-electron chi connectivity index (χ1n) is 4.38. The monoisotopic (exact) mass is 183 g/mol. The molecule has 0 unspecified atom stereocenters. The number of hydrogen-bond acceptors (Lipinski definition) is 2. The Bertz CT molecular complexity index is 483. The molecule has 2 aromatic carbocycles. The van der Waals surface area contributed by atoms with Crippen molar-refractivity contribution in [2.75, 3.05) is 0 Å². The van der Waals surface area contributed by atoms with E-state index in [2.05, 4.69) is 5.18 Å². The highest BCUT2D eigenvalue weighted by molar-refractivity contribution is 5.90. The Morgan fingerprint density at radius 1 is 1.00 bits per heavy atom. The average molecular weight is 183 g/mol. The van der Waals surface area contributed by atoms with Crippen LogP contribution in [0.3, 0.4) is 0 Å².